The third-order valence-corrected chi connectivity index (χ3v) is 4.73. The summed E-state index contributed by atoms with van der Waals surface area (Å²) in [7, 11) is -3.19. The molecule has 9 heteroatoms. The van der Waals surface area contributed by atoms with Crippen molar-refractivity contribution in [1.82, 2.24) is 9.62 Å². The number of aliphatic carboxylic acids is 1. The van der Waals surface area contributed by atoms with Gasteiger partial charge in [-0.25, -0.2) is 17.9 Å². The van der Waals surface area contributed by atoms with E-state index in [0.29, 0.717) is 17.3 Å². The van der Waals surface area contributed by atoms with Crippen LogP contribution in [0.5, 0.6) is 5.75 Å². The van der Waals surface area contributed by atoms with E-state index in [1.165, 1.54) is 0 Å². The molecule has 0 saturated carbocycles. The standard InChI is InChI=1S/C15H21ClN2O5S/c1-24(21,22)17-13-4-6-18(7-5-13)9-11-8-12(16)2-3-14(11)23-10-15(19)20/h2-3,8,13,17H,4-7,9-10H2,1H3,(H,19,20). The number of hydrogen-bond donors (Lipinski definition) is 2. The number of sulfonamides is 1. The molecule has 0 atom stereocenters. The van der Waals surface area contributed by atoms with E-state index < -0.39 is 22.6 Å². The van der Waals surface area contributed by atoms with Gasteiger partial charge in [-0.3, -0.25) is 4.90 Å². The number of benzene rings is 1. The molecule has 1 fully saturated rings. The second-order valence-corrected chi connectivity index (χ2v) is 8.09. The van der Waals surface area contributed by atoms with Crippen LogP contribution in [0.1, 0.15) is 18.4 Å². The first-order valence-corrected chi connectivity index (χ1v) is 9.82. The lowest BCUT2D eigenvalue weighted by Gasteiger charge is -2.32. The molecule has 1 aromatic rings. The first-order valence-electron chi connectivity index (χ1n) is 7.55. The smallest absolute Gasteiger partial charge is 0.341 e. The molecule has 1 heterocycles. The fourth-order valence-electron chi connectivity index (χ4n) is 2.70. The summed E-state index contributed by atoms with van der Waals surface area (Å²) in [6.45, 7) is 1.63. The number of ether oxygens (including phenoxy) is 1. The topological polar surface area (TPSA) is 95.9 Å². The highest BCUT2D eigenvalue weighted by atomic mass is 35.5. The van der Waals surface area contributed by atoms with Crippen molar-refractivity contribution in [3.8, 4) is 5.75 Å². The Bertz CT molecular complexity index is 687. The van der Waals surface area contributed by atoms with E-state index in [9.17, 15) is 13.2 Å². The molecule has 0 spiro atoms. The molecule has 0 bridgehead atoms. The van der Waals surface area contributed by atoms with Gasteiger partial charge in [-0.2, -0.15) is 0 Å². The number of carboxylic acid groups (broad SMARTS) is 1. The van der Waals surface area contributed by atoms with E-state index in [-0.39, 0.29) is 6.04 Å². The quantitative estimate of drug-likeness (QED) is 0.745. The van der Waals surface area contributed by atoms with E-state index in [1.807, 2.05) is 0 Å². The van der Waals surface area contributed by atoms with Gasteiger partial charge in [-0.15, -0.1) is 0 Å². The van der Waals surface area contributed by atoms with Gasteiger partial charge in [0.15, 0.2) is 6.61 Å². The number of carbonyl (C=O) groups is 1. The van der Waals surface area contributed by atoms with Crippen molar-refractivity contribution < 1.29 is 23.1 Å². The molecule has 7 nitrogen and oxygen atoms in total. The Morgan fingerprint density at radius 1 is 1.42 bits per heavy atom. The molecule has 24 heavy (non-hydrogen) atoms. The maximum absolute atomic E-state index is 11.3. The summed E-state index contributed by atoms with van der Waals surface area (Å²) in [6, 6.07) is 5.04. The molecule has 1 saturated heterocycles. The summed E-state index contributed by atoms with van der Waals surface area (Å²) in [5.74, 6) is -0.540. The number of halogens is 1. The highest BCUT2D eigenvalue weighted by Crippen LogP contribution is 2.25. The minimum atomic E-state index is -3.19. The summed E-state index contributed by atoms with van der Waals surface area (Å²) < 4.78 is 30.5. The maximum atomic E-state index is 11.3. The molecular weight excluding hydrogens is 356 g/mol. The fourth-order valence-corrected chi connectivity index (χ4v) is 3.74. The molecule has 0 aromatic heterocycles. The normalized spacial score (nSPS) is 16.9. The zero-order valence-electron chi connectivity index (χ0n) is 13.4. The largest absolute Gasteiger partial charge is 0.482 e. The molecule has 0 aliphatic carbocycles. The highest BCUT2D eigenvalue weighted by Gasteiger charge is 2.22. The van der Waals surface area contributed by atoms with Gasteiger partial charge in [0, 0.05) is 36.3 Å². The summed E-state index contributed by atoms with van der Waals surface area (Å²) in [5.41, 5.74) is 0.818. The first-order chi connectivity index (χ1) is 11.2. The number of hydrogen-bond acceptors (Lipinski definition) is 5. The summed E-state index contributed by atoms with van der Waals surface area (Å²) in [6.07, 6.45) is 2.61. The Hall–Kier alpha value is -1.35. The van der Waals surface area contributed by atoms with E-state index in [1.54, 1.807) is 18.2 Å². The Balaban J connectivity index is 1.96. The third kappa shape index (κ3) is 6.27. The van der Waals surface area contributed by atoms with Gasteiger partial charge in [-0.1, -0.05) is 11.6 Å². The average molecular weight is 377 g/mol. The van der Waals surface area contributed by atoms with Crippen molar-refractivity contribution >= 4 is 27.6 Å². The van der Waals surface area contributed by atoms with Gasteiger partial charge in [0.2, 0.25) is 10.0 Å². The molecule has 1 aromatic carbocycles. The zero-order chi connectivity index (χ0) is 17.7. The molecule has 2 rings (SSSR count). The van der Waals surface area contributed by atoms with E-state index in [4.69, 9.17) is 21.4 Å². The van der Waals surface area contributed by atoms with Crippen LogP contribution in [0, 0.1) is 0 Å². The van der Waals surface area contributed by atoms with Gasteiger partial charge in [-0.05, 0) is 31.0 Å². The number of rotatable bonds is 7. The van der Waals surface area contributed by atoms with Crippen LogP contribution in [0.2, 0.25) is 5.02 Å². The van der Waals surface area contributed by atoms with Crippen LogP contribution in [0.15, 0.2) is 18.2 Å². The maximum Gasteiger partial charge on any atom is 0.341 e. The lowest BCUT2D eigenvalue weighted by Crippen LogP contribution is -2.44. The van der Waals surface area contributed by atoms with Gasteiger partial charge in [0.05, 0.1) is 6.26 Å². The molecule has 0 radical (unpaired) electrons. The highest BCUT2D eigenvalue weighted by molar-refractivity contribution is 7.88. The minimum Gasteiger partial charge on any atom is -0.482 e. The number of carboxylic acids is 1. The number of piperidine rings is 1. The lowest BCUT2D eigenvalue weighted by atomic mass is 10.1. The van der Waals surface area contributed by atoms with Gasteiger partial charge >= 0.3 is 5.97 Å². The molecule has 0 unspecified atom stereocenters. The van der Waals surface area contributed by atoms with Crippen LogP contribution in [0.3, 0.4) is 0 Å². The minimum absolute atomic E-state index is 0.0432. The summed E-state index contributed by atoms with van der Waals surface area (Å²) in [4.78, 5) is 12.8. The first kappa shape index (κ1) is 19.0. The van der Waals surface area contributed by atoms with Gasteiger partial charge in [0.25, 0.3) is 0 Å². The molecule has 134 valence electrons. The summed E-state index contributed by atoms with van der Waals surface area (Å²) >= 11 is 6.03. The lowest BCUT2D eigenvalue weighted by molar-refractivity contribution is -0.139. The van der Waals surface area contributed by atoms with Crippen molar-refractivity contribution in [3.63, 3.8) is 0 Å². The Morgan fingerprint density at radius 2 is 2.08 bits per heavy atom. The molecule has 1 aliphatic rings. The predicted octanol–water partition coefficient (Wildman–Crippen LogP) is 1.32. The van der Waals surface area contributed by atoms with Gasteiger partial charge < -0.3 is 9.84 Å². The number of nitrogens with one attached hydrogen (secondary N) is 1. The monoisotopic (exact) mass is 376 g/mol. The number of nitrogens with zero attached hydrogens (tertiary/aromatic N) is 1. The molecule has 2 N–H and O–H groups in total. The zero-order valence-corrected chi connectivity index (χ0v) is 14.9. The van der Waals surface area contributed by atoms with Crippen LogP contribution >= 0.6 is 11.6 Å². The summed E-state index contributed by atoms with van der Waals surface area (Å²) in [5, 5.41) is 9.30. The van der Waals surface area contributed by atoms with Crippen molar-refractivity contribution in [2.45, 2.75) is 25.4 Å². The Morgan fingerprint density at radius 3 is 2.67 bits per heavy atom. The van der Waals surface area contributed by atoms with Crippen molar-refractivity contribution in [2.24, 2.45) is 0 Å². The Labute approximate surface area is 146 Å². The van der Waals surface area contributed by atoms with Crippen LogP contribution < -0.4 is 9.46 Å². The average Bonchev–Trinajstić information content (AvgIpc) is 2.47. The number of likely N-dealkylation sites (tertiary alicyclic amines) is 1. The fraction of sp³-hybridized carbons (Fsp3) is 0.533. The third-order valence-electron chi connectivity index (χ3n) is 3.74. The van der Waals surface area contributed by atoms with E-state index in [0.717, 1.165) is 37.8 Å². The second kappa shape index (κ2) is 8.15. The van der Waals surface area contributed by atoms with Crippen LogP contribution in [0.4, 0.5) is 0 Å². The van der Waals surface area contributed by atoms with Crippen LogP contribution in [0.25, 0.3) is 0 Å². The SMILES string of the molecule is CS(=O)(=O)NC1CCN(Cc2cc(Cl)ccc2OCC(=O)O)CC1. The Kier molecular flexibility index (Phi) is 6.45. The van der Waals surface area contributed by atoms with Gasteiger partial charge in [0.1, 0.15) is 5.75 Å². The molecule has 0 amide bonds. The second-order valence-electron chi connectivity index (χ2n) is 5.87. The molecule has 1 aliphatic heterocycles. The van der Waals surface area contributed by atoms with E-state index in [2.05, 4.69) is 9.62 Å². The van der Waals surface area contributed by atoms with Crippen molar-refractivity contribution in [3.05, 3.63) is 28.8 Å². The van der Waals surface area contributed by atoms with E-state index >= 15 is 0 Å². The van der Waals surface area contributed by atoms with Crippen LogP contribution in [-0.2, 0) is 21.4 Å². The van der Waals surface area contributed by atoms with Crippen molar-refractivity contribution in [1.29, 1.82) is 0 Å². The van der Waals surface area contributed by atoms with Crippen LogP contribution in [-0.4, -0.2) is 56.4 Å². The van der Waals surface area contributed by atoms with Crippen molar-refractivity contribution in [2.75, 3.05) is 26.0 Å². The molecular formula is C15H21ClN2O5S. The predicted molar refractivity (Wildman–Crippen MR) is 90.9 cm³/mol.